The molecule has 2 aliphatic carbocycles. The van der Waals surface area contributed by atoms with Gasteiger partial charge in [0, 0.05) is 73.4 Å². The number of amides is 9. The van der Waals surface area contributed by atoms with E-state index in [0.717, 1.165) is 12.1 Å². The summed E-state index contributed by atoms with van der Waals surface area (Å²) in [6.07, 6.45) is -6.74. The van der Waals surface area contributed by atoms with Crippen molar-refractivity contribution in [2.45, 2.75) is 137 Å². The van der Waals surface area contributed by atoms with Gasteiger partial charge in [0.25, 0.3) is 0 Å². The largest absolute Gasteiger partial charge is 0.419 e. The molecule has 6 N–H and O–H groups in total. The minimum absolute atomic E-state index is 0.0550. The Labute approximate surface area is 437 Å². The molecule has 10 atom stereocenters. The van der Waals surface area contributed by atoms with Crippen molar-refractivity contribution in [3.8, 4) is 0 Å². The lowest BCUT2D eigenvalue weighted by Gasteiger charge is -2.39. The molecule has 4 aliphatic heterocycles. The summed E-state index contributed by atoms with van der Waals surface area (Å²) >= 11 is 0. The average Bonchev–Trinajstić information content (AvgIpc) is 4.24. The monoisotopic (exact) mass is 1090 g/mol. The zero-order valence-corrected chi connectivity index (χ0v) is 41.9. The summed E-state index contributed by atoms with van der Waals surface area (Å²) in [6.45, 7) is 1.78. The molecule has 4 heterocycles. The number of anilines is 2. The van der Waals surface area contributed by atoms with Gasteiger partial charge >= 0.3 is 24.4 Å². The molecule has 0 spiro atoms. The van der Waals surface area contributed by atoms with Gasteiger partial charge < -0.3 is 51.5 Å². The molecular formula is C52H58F8N10O7. The number of rotatable bonds is 11. The van der Waals surface area contributed by atoms with Crippen LogP contribution in [-0.4, -0.2) is 143 Å². The Morgan fingerprint density at radius 2 is 1.06 bits per heavy atom. The first-order valence-corrected chi connectivity index (χ1v) is 25.7. The molecule has 3 aromatic carbocycles. The third kappa shape index (κ3) is 12.1. The fourth-order valence-corrected chi connectivity index (χ4v) is 11.2. The number of alkyl halides is 6. The maximum absolute atomic E-state index is 14.4. The number of carbonyl (C=O) groups is 7. The van der Waals surface area contributed by atoms with Gasteiger partial charge in [0.05, 0.1) is 23.7 Å². The van der Waals surface area contributed by atoms with Gasteiger partial charge in [0.1, 0.15) is 29.8 Å². The number of urea groups is 2. The van der Waals surface area contributed by atoms with Gasteiger partial charge in [-0.3, -0.25) is 24.0 Å². The minimum Gasteiger partial charge on any atom is -0.351 e. The van der Waals surface area contributed by atoms with Crippen LogP contribution in [0.4, 0.5) is 56.1 Å². The van der Waals surface area contributed by atoms with Crippen LogP contribution in [0.2, 0.25) is 0 Å². The number of hydrogen-bond donors (Lipinski definition) is 6. The van der Waals surface area contributed by atoms with E-state index < -0.39 is 119 Å². The predicted octanol–water partition coefficient (Wildman–Crippen LogP) is 6.02. The number of fused-ring (bicyclic) bond motifs is 2. The number of nitrogens with zero attached hydrogens (tertiary/aromatic N) is 4. The summed E-state index contributed by atoms with van der Waals surface area (Å²) in [5.41, 5.74) is -1.39. The van der Waals surface area contributed by atoms with Crippen LogP contribution in [0.25, 0.3) is 0 Å². The molecule has 3 aromatic rings. The fraction of sp³-hybridized carbons (Fsp3) is 0.519. The van der Waals surface area contributed by atoms with E-state index in [4.69, 9.17) is 0 Å². The molecule has 0 aromatic heterocycles. The number of carbonyl (C=O) groups excluding carboxylic acids is 7. The standard InChI is InChI=1S/C52H58F8N10O7/c1-26(61-2)45(72)66-41-25-68(19-16-32-10-14-43(70(32)48(41)75)47(74)65-40-24-34(40)28-4-12-36(38(54)22-28)52(58,59)60)50(77)63-30-7-5-29(6-8-30)62-49(76)67-18-15-31-9-13-42(69(31)44(71)17-20-67)46(73)64-39-23-33(39)27-3-11-35(37(53)21-27)51(55,56)57/h3-8,11-12,21-22,26,31-34,39-43,61H,9-10,13-20,23-25H2,1-2H3,(H,62,76)(H,63,77)(H,64,73)(H,65,74)(H,66,72). The molecule has 414 valence electrons. The smallest absolute Gasteiger partial charge is 0.351 e. The van der Waals surface area contributed by atoms with E-state index in [2.05, 4.69) is 31.9 Å². The summed E-state index contributed by atoms with van der Waals surface area (Å²) in [6, 6.07) is 5.16. The quantitative estimate of drug-likeness (QED) is 0.125. The van der Waals surface area contributed by atoms with Crippen molar-refractivity contribution in [3.05, 3.63) is 94.6 Å². The van der Waals surface area contributed by atoms with Crippen LogP contribution in [0.15, 0.2) is 60.7 Å². The molecule has 9 rings (SSSR count). The molecule has 77 heavy (non-hydrogen) atoms. The van der Waals surface area contributed by atoms with Crippen LogP contribution in [0, 0.1) is 11.6 Å². The van der Waals surface area contributed by atoms with E-state index >= 15 is 0 Å². The first-order valence-electron chi connectivity index (χ1n) is 25.7. The van der Waals surface area contributed by atoms with E-state index in [1.807, 2.05) is 0 Å². The molecule has 10 unspecified atom stereocenters. The molecule has 6 aliphatic rings. The minimum atomic E-state index is -4.86. The van der Waals surface area contributed by atoms with E-state index in [1.165, 1.54) is 26.8 Å². The van der Waals surface area contributed by atoms with Crippen LogP contribution < -0.4 is 31.9 Å². The SMILES string of the molecule is CNC(C)C(=O)NC1CN(C(=O)Nc2ccc(NC(=O)N3CCC(=O)N4C(CCC4C(=O)NC4CC4c4ccc(C(F)(F)F)c(F)c4)CC3)cc2)CCC2CCC(C(=O)NC3CC3c3ccc(C(F)(F)F)c(F)c3)N2C1=O. The average molecular weight is 1090 g/mol. The molecule has 17 nitrogen and oxygen atoms in total. The van der Waals surface area contributed by atoms with Gasteiger partial charge in [0.15, 0.2) is 0 Å². The second kappa shape index (κ2) is 21.8. The van der Waals surface area contributed by atoms with Gasteiger partial charge in [-0.1, -0.05) is 12.1 Å². The lowest BCUT2D eigenvalue weighted by molar-refractivity contribution is -0.144. The lowest BCUT2D eigenvalue weighted by atomic mass is 10.1. The first kappa shape index (κ1) is 54.7. The van der Waals surface area contributed by atoms with Crippen LogP contribution in [0.5, 0.6) is 0 Å². The second-order valence-corrected chi connectivity index (χ2v) is 20.7. The molecule has 6 fully saturated rings. The first-order chi connectivity index (χ1) is 36.5. The van der Waals surface area contributed by atoms with Crippen molar-refractivity contribution in [2.24, 2.45) is 0 Å². The van der Waals surface area contributed by atoms with Crippen molar-refractivity contribution < 1.29 is 68.7 Å². The number of benzene rings is 3. The van der Waals surface area contributed by atoms with Gasteiger partial charge in [-0.2, -0.15) is 26.3 Å². The Bertz CT molecular complexity index is 2800. The zero-order valence-electron chi connectivity index (χ0n) is 41.9. The van der Waals surface area contributed by atoms with Gasteiger partial charge in [-0.05, 0) is 125 Å². The van der Waals surface area contributed by atoms with Crippen LogP contribution >= 0.6 is 0 Å². The predicted molar refractivity (Wildman–Crippen MR) is 261 cm³/mol. The van der Waals surface area contributed by atoms with E-state index in [-0.39, 0.29) is 63.3 Å². The van der Waals surface area contributed by atoms with Crippen molar-refractivity contribution >= 4 is 53.0 Å². The molecular weight excluding hydrogens is 1030 g/mol. The van der Waals surface area contributed by atoms with E-state index in [1.54, 1.807) is 43.1 Å². The number of halogens is 8. The highest BCUT2D eigenvalue weighted by Crippen LogP contribution is 2.45. The summed E-state index contributed by atoms with van der Waals surface area (Å²) in [4.78, 5) is 102. The van der Waals surface area contributed by atoms with Gasteiger partial charge in [-0.25, -0.2) is 18.4 Å². The summed E-state index contributed by atoms with van der Waals surface area (Å²) in [5, 5.41) is 16.9. The Morgan fingerprint density at radius 1 is 0.597 bits per heavy atom. The molecule has 0 bridgehead atoms. The highest BCUT2D eigenvalue weighted by atomic mass is 19.4. The summed E-state index contributed by atoms with van der Waals surface area (Å²) < 4.78 is 107. The second-order valence-electron chi connectivity index (χ2n) is 20.7. The zero-order chi connectivity index (χ0) is 55.2. The summed E-state index contributed by atoms with van der Waals surface area (Å²) in [5.74, 6) is -5.89. The van der Waals surface area contributed by atoms with Crippen molar-refractivity contribution in [2.75, 3.05) is 43.9 Å². The van der Waals surface area contributed by atoms with Crippen LogP contribution in [0.1, 0.15) is 98.8 Å². The van der Waals surface area contributed by atoms with Crippen molar-refractivity contribution in [1.29, 1.82) is 0 Å². The van der Waals surface area contributed by atoms with Crippen LogP contribution in [-0.2, 0) is 36.3 Å². The Morgan fingerprint density at radius 3 is 1.55 bits per heavy atom. The third-order valence-electron chi connectivity index (χ3n) is 15.7. The topological polar surface area (TPSA) is 205 Å². The highest BCUT2D eigenvalue weighted by Gasteiger charge is 2.50. The highest BCUT2D eigenvalue weighted by molar-refractivity contribution is 5.96. The Kier molecular flexibility index (Phi) is 15.5. The molecule has 2 saturated carbocycles. The van der Waals surface area contributed by atoms with Crippen molar-refractivity contribution in [1.82, 2.24) is 40.9 Å². The number of likely N-dealkylation sites (N-methyl/N-ethyl adjacent to an activating group) is 1. The third-order valence-corrected chi connectivity index (χ3v) is 15.7. The normalized spacial score (nSPS) is 26.8. The van der Waals surface area contributed by atoms with Crippen LogP contribution in [0.3, 0.4) is 0 Å². The number of nitrogens with one attached hydrogen (secondary N) is 6. The Hall–Kier alpha value is -7.05. The Balaban J connectivity index is 0.764. The van der Waals surface area contributed by atoms with Crippen molar-refractivity contribution in [3.63, 3.8) is 0 Å². The van der Waals surface area contributed by atoms with Gasteiger partial charge in [0.2, 0.25) is 29.5 Å². The van der Waals surface area contributed by atoms with E-state index in [0.29, 0.717) is 73.2 Å². The molecule has 25 heteroatoms. The number of hydrogen-bond acceptors (Lipinski definition) is 8. The lowest BCUT2D eigenvalue weighted by Crippen LogP contribution is -2.62. The molecule has 9 amide bonds. The summed E-state index contributed by atoms with van der Waals surface area (Å²) in [7, 11) is 1.56. The molecule has 0 radical (unpaired) electrons. The van der Waals surface area contributed by atoms with E-state index in [9.17, 15) is 68.7 Å². The fourth-order valence-electron chi connectivity index (χ4n) is 11.2. The molecule has 4 saturated heterocycles. The maximum atomic E-state index is 14.4. The van der Waals surface area contributed by atoms with Gasteiger partial charge in [-0.15, -0.1) is 0 Å². The maximum Gasteiger partial charge on any atom is 0.419 e.